The quantitative estimate of drug-likeness (QED) is 0.660. The molecule has 0 bridgehead atoms. The number of carbonyl (C=O) groups is 1. The van der Waals surface area contributed by atoms with Crippen LogP contribution in [0.4, 0.5) is 0 Å². The molecule has 0 saturated carbocycles. The lowest BCUT2D eigenvalue weighted by Crippen LogP contribution is -2.43. The highest BCUT2D eigenvalue weighted by Crippen LogP contribution is 2.18. The van der Waals surface area contributed by atoms with Crippen LogP contribution in [0.1, 0.15) is 32.1 Å². The van der Waals surface area contributed by atoms with Gasteiger partial charge in [-0.1, -0.05) is 0 Å². The van der Waals surface area contributed by atoms with Crippen molar-refractivity contribution in [2.75, 3.05) is 26.7 Å². The van der Waals surface area contributed by atoms with Crippen molar-refractivity contribution < 1.29 is 4.79 Å². The lowest BCUT2D eigenvalue weighted by molar-refractivity contribution is -0.133. The Labute approximate surface area is 86.1 Å². The molecule has 2 rings (SSSR count). The molecule has 2 fully saturated rings. The maximum absolute atomic E-state index is 11.6. The summed E-state index contributed by atoms with van der Waals surface area (Å²) in [5, 5.41) is 0. The molecule has 0 aromatic rings. The van der Waals surface area contributed by atoms with Gasteiger partial charge in [0.25, 0.3) is 0 Å². The number of likely N-dealkylation sites (N-methyl/N-ethyl adjacent to an activating group) is 1. The molecule has 0 aromatic carbocycles. The number of likely N-dealkylation sites (tertiary alicyclic amines) is 2. The minimum Gasteiger partial charge on any atom is -0.341 e. The van der Waals surface area contributed by atoms with Crippen LogP contribution in [0.3, 0.4) is 0 Å². The van der Waals surface area contributed by atoms with Crippen molar-refractivity contribution in [2.24, 2.45) is 0 Å². The van der Waals surface area contributed by atoms with Gasteiger partial charge in [0.15, 0.2) is 0 Å². The summed E-state index contributed by atoms with van der Waals surface area (Å²) < 4.78 is 0. The first-order valence-corrected chi connectivity index (χ1v) is 5.75. The average Bonchev–Trinajstić information content (AvgIpc) is 2.56. The Morgan fingerprint density at radius 3 is 2.79 bits per heavy atom. The van der Waals surface area contributed by atoms with E-state index in [0.29, 0.717) is 11.9 Å². The Hall–Kier alpha value is -0.570. The van der Waals surface area contributed by atoms with E-state index in [9.17, 15) is 4.79 Å². The third kappa shape index (κ3) is 2.08. The topological polar surface area (TPSA) is 23.6 Å². The van der Waals surface area contributed by atoms with E-state index in [-0.39, 0.29) is 0 Å². The van der Waals surface area contributed by atoms with Crippen LogP contribution in [-0.2, 0) is 4.79 Å². The predicted octanol–water partition coefficient (Wildman–Crippen LogP) is 1.09. The minimum absolute atomic E-state index is 0.372. The summed E-state index contributed by atoms with van der Waals surface area (Å²) in [5.41, 5.74) is 0. The molecule has 2 aliphatic rings. The van der Waals surface area contributed by atoms with E-state index in [2.05, 4.69) is 16.8 Å². The Kier molecular flexibility index (Phi) is 3.06. The normalized spacial score (nSPS) is 29.9. The zero-order valence-electron chi connectivity index (χ0n) is 9.04. The van der Waals surface area contributed by atoms with Crippen molar-refractivity contribution in [2.45, 2.75) is 38.1 Å². The van der Waals surface area contributed by atoms with Gasteiger partial charge in [-0.2, -0.15) is 0 Å². The minimum atomic E-state index is 0.372. The molecule has 2 heterocycles. The second kappa shape index (κ2) is 4.30. The number of piperidine rings is 1. The van der Waals surface area contributed by atoms with Gasteiger partial charge in [-0.05, 0) is 39.3 Å². The van der Waals surface area contributed by atoms with Crippen LogP contribution in [-0.4, -0.2) is 48.4 Å². The summed E-state index contributed by atoms with van der Waals surface area (Å²) in [6.07, 6.45) is 5.62. The number of nitrogens with zero attached hydrogens (tertiary/aromatic N) is 2. The van der Waals surface area contributed by atoms with Crippen LogP contribution >= 0.6 is 0 Å². The maximum Gasteiger partial charge on any atom is 0.222 e. The molecule has 0 N–H and O–H groups in total. The monoisotopic (exact) mass is 196 g/mol. The number of hydrogen-bond acceptors (Lipinski definition) is 2. The smallest absolute Gasteiger partial charge is 0.222 e. The molecule has 3 heteroatoms. The molecule has 80 valence electrons. The van der Waals surface area contributed by atoms with Crippen LogP contribution in [0.2, 0.25) is 0 Å². The molecule has 2 aliphatic heterocycles. The molecule has 14 heavy (non-hydrogen) atoms. The van der Waals surface area contributed by atoms with Gasteiger partial charge in [0, 0.05) is 25.6 Å². The van der Waals surface area contributed by atoms with E-state index in [1.807, 2.05) is 0 Å². The molecule has 1 atom stereocenters. The van der Waals surface area contributed by atoms with Gasteiger partial charge in [-0.15, -0.1) is 0 Å². The zero-order valence-corrected chi connectivity index (χ0v) is 9.04. The molecule has 1 amide bonds. The Morgan fingerprint density at radius 2 is 2.14 bits per heavy atom. The summed E-state index contributed by atoms with van der Waals surface area (Å²) in [5.74, 6) is 0.372. The highest BCUT2D eigenvalue weighted by Gasteiger charge is 2.26. The van der Waals surface area contributed by atoms with Gasteiger partial charge in [-0.25, -0.2) is 0 Å². The fourth-order valence-corrected chi connectivity index (χ4v) is 2.52. The van der Waals surface area contributed by atoms with Gasteiger partial charge in [-0.3, -0.25) is 4.79 Å². The van der Waals surface area contributed by atoms with E-state index in [0.717, 1.165) is 25.9 Å². The van der Waals surface area contributed by atoms with Crippen molar-refractivity contribution in [3.8, 4) is 0 Å². The molecule has 0 aliphatic carbocycles. The number of hydrogen-bond donors (Lipinski definition) is 0. The van der Waals surface area contributed by atoms with Crippen molar-refractivity contribution in [1.82, 2.24) is 9.80 Å². The predicted molar refractivity (Wildman–Crippen MR) is 56.1 cm³/mol. The summed E-state index contributed by atoms with van der Waals surface area (Å²) in [6, 6.07) is 0.622. The van der Waals surface area contributed by atoms with E-state index in [1.54, 1.807) is 0 Å². The fourth-order valence-electron chi connectivity index (χ4n) is 2.52. The van der Waals surface area contributed by atoms with Crippen LogP contribution in [0.25, 0.3) is 0 Å². The molecule has 0 unspecified atom stereocenters. The van der Waals surface area contributed by atoms with Crippen molar-refractivity contribution in [1.29, 1.82) is 0 Å². The molecule has 2 saturated heterocycles. The highest BCUT2D eigenvalue weighted by molar-refractivity contribution is 5.76. The third-order valence-electron chi connectivity index (χ3n) is 3.52. The van der Waals surface area contributed by atoms with E-state index >= 15 is 0 Å². The molecule has 0 aromatic heterocycles. The lowest BCUT2D eigenvalue weighted by Gasteiger charge is -2.31. The van der Waals surface area contributed by atoms with Gasteiger partial charge >= 0.3 is 0 Å². The van der Waals surface area contributed by atoms with Gasteiger partial charge in [0.05, 0.1) is 0 Å². The molecule has 0 radical (unpaired) electrons. The van der Waals surface area contributed by atoms with Crippen molar-refractivity contribution in [3.05, 3.63) is 0 Å². The van der Waals surface area contributed by atoms with E-state index in [1.165, 1.54) is 25.8 Å². The number of rotatable bonds is 2. The largest absolute Gasteiger partial charge is 0.341 e. The van der Waals surface area contributed by atoms with Crippen LogP contribution < -0.4 is 0 Å². The zero-order chi connectivity index (χ0) is 9.97. The Morgan fingerprint density at radius 1 is 1.29 bits per heavy atom. The van der Waals surface area contributed by atoms with Crippen LogP contribution in [0, 0.1) is 0 Å². The van der Waals surface area contributed by atoms with Crippen molar-refractivity contribution in [3.63, 3.8) is 0 Å². The first-order valence-electron chi connectivity index (χ1n) is 5.75. The van der Waals surface area contributed by atoms with Gasteiger partial charge in [0.2, 0.25) is 5.91 Å². The van der Waals surface area contributed by atoms with Gasteiger partial charge < -0.3 is 9.80 Å². The molecular formula is C11H20N2O. The molecule has 3 nitrogen and oxygen atoms in total. The highest BCUT2D eigenvalue weighted by atomic mass is 16.2. The first-order chi connectivity index (χ1) is 6.77. The van der Waals surface area contributed by atoms with Crippen LogP contribution in [0.5, 0.6) is 0 Å². The average molecular weight is 196 g/mol. The SMILES string of the molecule is CN1CCC[C@H]1CN1CCCCC1=O. The van der Waals surface area contributed by atoms with Crippen molar-refractivity contribution >= 4 is 5.91 Å². The summed E-state index contributed by atoms with van der Waals surface area (Å²) in [6.45, 7) is 3.16. The second-order valence-corrected chi connectivity index (χ2v) is 4.57. The lowest BCUT2D eigenvalue weighted by atomic mass is 10.1. The van der Waals surface area contributed by atoms with E-state index < -0.39 is 0 Å². The Balaban J connectivity index is 1.86. The van der Waals surface area contributed by atoms with E-state index in [4.69, 9.17) is 0 Å². The number of amides is 1. The Bertz CT molecular complexity index is 217. The third-order valence-corrected chi connectivity index (χ3v) is 3.52. The number of carbonyl (C=O) groups excluding carboxylic acids is 1. The second-order valence-electron chi connectivity index (χ2n) is 4.57. The van der Waals surface area contributed by atoms with Crippen LogP contribution in [0.15, 0.2) is 0 Å². The fraction of sp³-hybridized carbons (Fsp3) is 0.909. The molecular weight excluding hydrogens is 176 g/mol. The summed E-state index contributed by atoms with van der Waals surface area (Å²) in [4.78, 5) is 16.1. The maximum atomic E-state index is 11.6. The summed E-state index contributed by atoms with van der Waals surface area (Å²) in [7, 11) is 2.17. The summed E-state index contributed by atoms with van der Waals surface area (Å²) >= 11 is 0. The van der Waals surface area contributed by atoms with Gasteiger partial charge in [0.1, 0.15) is 0 Å². The molecule has 0 spiro atoms. The standard InChI is InChI=1S/C11H20N2O/c1-12-7-4-5-10(12)9-13-8-3-2-6-11(13)14/h10H,2-9H2,1H3/t10-/m0/s1. The first kappa shape index (κ1) is 9.97.